The molecule has 0 saturated heterocycles. The summed E-state index contributed by atoms with van der Waals surface area (Å²) in [5, 5.41) is 8.71. The van der Waals surface area contributed by atoms with Crippen LogP contribution in [-0.4, -0.2) is 21.8 Å². The summed E-state index contributed by atoms with van der Waals surface area (Å²) in [6.07, 6.45) is 1.37. The van der Waals surface area contributed by atoms with Crippen LogP contribution in [0.3, 0.4) is 0 Å². The molecule has 0 aliphatic carbocycles. The smallest absolute Gasteiger partial charge is 0.352 e. The van der Waals surface area contributed by atoms with E-state index in [9.17, 15) is 14.0 Å². The van der Waals surface area contributed by atoms with E-state index in [2.05, 4.69) is 4.98 Å². The molecule has 2 aromatic rings. The molecule has 0 radical (unpaired) electrons. The monoisotopic (exact) mass is 247 g/mol. The number of rotatable bonds is 4. The minimum atomic E-state index is -1.13. The number of halogens is 1. The van der Waals surface area contributed by atoms with Crippen molar-refractivity contribution in [2.45, 2.75) is 6.42 Å². The van der Waals surface area contributed by atoms with Gasteiger partial charge in [0.05, 0.1) is 0 Å². The molecule has 0 spiro atoms. The SMILES string of the molecule is O=C(Cc1cccc(F)c1)c1c[nH]c(C(=O)O)c1. The van der Waals surface area contributed by atoms with Crippen molar-refractivity contribution in [1.29, 1.82) is 0 Å². The molecule has 2 N–H and O–H groups in total. The summed E-state index contributed by atoms with van der Waals surface area (Å²) in [5.74, 6) is -1.79. The van der Waals surface area contributed by atoms with Gasteiger partial charge in [-0.25, -0.2) is 9.18 Å². The number of nitrogens with one attached hydrogen (secondary N) is 1. The Hall–Kier alpha value is -2.43. The van der Waals surface area contributed by atoms with E-state index in [1.54, 1.807) is 6.07 Å². The van der Waals surface area contributed by atoms with Crippen molar-refractivity contribution >= 4 is 11.8 Å². The predicted molar refractivity (Wildman–Crippen MR) is 62.2 cm³/mol. The Labute approximate surface area is 102 Å². The molecule has 2 rings (SSSR count). The van der Waals surface area contributed by atoms with Gasteiger partial charge in [0.15, 0.2) is 5.78 Å². The Morgan fingerprint density at radius 3 is 2.67 bits per heavy atom. The van der Waals surface area contributed by atoms with Crippen molar-refractivity contribution in [2.24, 2.45) is 0 Å². The van der Waals surface area contributed by atoms with Crippen LogP contribution in [0.2, 0.25) is 0 Å². The second-order valence-electron chi connectivity index (χ2n) is 3.84. The summed E-state index contributed by atoms with van der Waals surface area (Å²) in [6, 6.07) is 7.02. The first-order chi connectivity index (χ1) is 8.56. The third-order valence-electron chi connectivity index (χ3n) is 2.49. The summed E-state index contributed by atoms with van der Waals surface area (Å²) in [6.45, 7) is 0. The number of Topliss-reactive ketones (excluding diaryl/α,β-unsaturated/α-hetero) is 1. The summed E-state index contributed by atoms with van der Waals surface area (Å²) >= 11 is 0. The first-order valence-corrected chi connectivity index (χ1v) is 5.25. The van der Waals surface area contributed by atoms with Crippen LogP contribution >= 0.6 is 0 Å². The first-order valence-electron chi connectivity index (χ1n) is 5.25. The van der Waals surface area contributed by atoms with E-state index in [4.69, 9.17) is 5.11 Å². The van der Waals surface area contributed by atoms with Crippen molar-refractivity contribution in [1.82, 2.24) is 4.98 Å². The highest BCUT2D eigenvalue weighted by Gasteiger charge is 2.12. The van der Waals surface area contributed by atoms with E-state index in [0.29, 0.717) is 5.56 Å². The zero-order chi connectivity index (χ0) is 13.1. The molecular weight excluding hydrogens is 237 g/mol. The van der Waals surface area contributed by atoms with E-state index >= 15 is 0 Å². The standard InChI is InChI=1S/C13H10FNO3/c14-10-3-1-2-8(4-10)5-12(16)9-6-11(13(17)18)15-7-9/h1-4,6-7,15H,5H2,(H,17,18). The van der Waals surface area contributed by atoms with Crippen molar-refractivity contribution in [3.05, 3.63) is 59.2 Å². The van der Waals surface area contributed by atoms with Crippen LogP contribution in [0.25, 0.3) is 0 Å². The van der Waals surface area contributed by atoms with Gasteiger partial charge < -0.3 is 10.1 Å². The molecule has 0 aliphatic heterocycles. The van der Waals surface area contributed by atoms with Gasteiger partial charge in [-0.3, -0.25) is 4.79 Å². The highest BCUT2D eigenvalue weighted by Crippen LogP contribution is 2.10. The first kappa shape index (κ1) is 12.0. The van der Waals surface area contributed by atoms with Gasteiger partial charge in [0.2, 0.25) is 0 Å². The third kappa shape index (κ3) is 2.63. The molecule has 0 atom stereocenters. The van der Waals surface area contributed by atoms with Gasteiger partial charge in [0, 0.05) is 18.2 Å². The number of hydrogen-bond donors (Lipinski definition) is 2. The van der Waals surface area contributed by atoms with E-state index in [1.165, 1.54) is 30.5 Å². The molecule has 5 heteroatoms. The van der Waals surface area contributed by atoms with Crippen molar-refractivity contribution < 1.29 is 19.1 Å². The molecule has 0 bridgehead atoms. The number of H-pyrrole nitrogens is 1. The number of aromatic nitrogens is 1. The quantitative estimate of drug-likeness (QED) is 0.814. The highest BCUT2D eigenvalue weighted by molar-refractivity contribution is 5.99. The topological polar surface area (TPSA) is 70.2 Å². The molecule has 92 valence electrons. The number of carboxylic acid groups (broad SMARTS) is 1. The van der Waals surface area contributed by atoms with Gasteiger partial charge in [-0.1, -0.05) is 12.1 Å². The normalized spacial score (nSPS) is 10.3. The van der Waals surface area contributed by atoms with Crippen molar-refractivity contribution in [3.63, 3.8) is 0 Å². The van der Waals surface area contributed by atoms with Gasteiger partial charge in [0.1, 0.15) is 11.5 Å². The zero-order valence-corrected chi connectivity index (χ0v) is 9.31. The Morgan fingerprint density at radius 1 is 1.28 bits per heavy atom. The maximum atomic E-state index is 12.9. The number of benzene rings is 1. The predicted octanol–water partition coefficient (Wildman–Crippen LogP) is 2.28. The molecule has 0 aliphatic rings. The van der Waals surface area contributed by atoms with Crippen LogP contribution < -0.4 is 0 Å². The number of aromatic amines is 1. The number of carbonyl (C=O) groups excluding carboxylic acids is 1. The van der Waals surface area contributed by atoms with E-state index in [-0.39, 0.29) is 23.5 Å². The fourth-order valence-electron chi connectivity index (χ4n) is 1.61. The fourth-order valence-corrected chi connectivity index (χ4v) is 1.61. The molecule has 1 aromatic heterocycles. The largest absolute Gasteiger partial charge is 0.477 e. The minimum Gasteiger partial charge on any atom is -0.477 e. The molecule has 0 unspecified atom stereocenters. The average molecular weight is 247 g/mol. The minimum absolute atomic E-state index is 0.0364. The molecule has 18 heavy (non-hydrogen) atoms. The van der Waals surface area contributed by atoms with Crippen LogP contribution in [0, 0.1) is 5.82 Å². The second-order valence-corrected chi connectivity index (χ2v) is 3.84. The zero-order valence-electron chi connectivity index (χ0n) is 9.31. The van der Waals surface area contributed by atoms with Gasteiger partial charge in [-0.15, -0.1) is 0 Å². The van der Waals surface area contributed by atoms with E-state index < -0.39 is 11.8 Å². The van der Waals surface area contributed by atoms with Crippen LogP contribution in [0.15, 0.2) is 36.5 Å². The number of ketones is 1. The van der Waals surface area contributed by atoms with Gasteiger partial charge in [-0.05, 0) is 23.8 Å². The average Bonchev–Trinajstić information content (AvgIpc) is 2.78. The van der Waals surface area contributed by atoms with E-state index in [1.807, 2.05) is 0 Å². The third-order valence-corrected chi connectivity index (χ3v) is 2.49. The fraction of sp³-hybridized carbons (Fsp3) is 0.0769. The maximum absolute atomic E-state index is 12.9. The molecule has 1 aromatic carbocycles. The Balaban J connectivity index is 2.14. The molecule has 0 amide bonds. The number of aromatic carboxylic acids is 1. The molecule has 0 saturated carbocycles. The molecule has 4 nitrogen and oxygen atoms in total. The Morgan fingerprint density at radius 2 is 2.06 bits per heavy atom. The van der Waals surface area contributed by atoms with Gasteiger partial charge in [-0.2, -0.15) is 0 Å². The highest BCUT2D eigenvalue weighted by atomic mass is 19.1. The lowest BCUT2D eigenvalue weighted by molar-refractivity contribution is 0.0691. The van der Waals surface area contributed by atoms with Gasteiger partial charge >= 0.3 is 5.97 Å². The van der Waals surface area contributed by atoms with Crippen LogP contribution in [0.1, 0.15) is 26.4 Å². The summed E-state index contributed by atoms with van der Waals surface area (Å²) in [4.78, 5) is 25.0. The number of carbonyl (C=O) groups is 2. The summed E-state index contributed by atoms with van der Waals surface area (Å²) in [5.41, 5.74) is 0.785. The lowest BCUT2D eigenvalue weighted by Gasteiger charge is -1.99. The molecule has 1 heterocycles. The van der Waals surface area contributed by atoms with E-state index in [0.717, 1.165) is 0 Å². The Kier molecular flexibility index (Phi) is 3.23. The summed E-state index contributed by atoms with van der Waals surface area (Å²) < 4.78 is 12.9. The van der Waals surface area contributed by atoms with Crippen molar-refractivity contribution in [2.75, 3.05) is 0 Å². The summed E-state index contributed by atoms with van der Waals surface area (Å²) in [7, 11) is 0. The van der Waals surface area contributed by atoms with Crippen LogP contribution in [0.4, 0.5) is 4.39 Å². The maximum Gasteiger partial charge on any atom is 0.352 e. The van der Waals surface area contributed by atoms with Crippen LogP contribution in [0.5, 0.6) is 0 Å². The second kappa shape index (κ2) is 4.83. The molecular formula is C13H10FNO3. The van der Waals surface area contributed by atoms with Crippen LogP contribution in [-0.2, 0) is 6.42 Å². The molecule has 0 fully saturated rings. The van der Waals surface area contributed by atoms with Crippen molar-refractivity contribution in [3.8, 4) is 0 Å². The van der Waals surface area contributed by atoms with Gasteiger partial charge in [0.25, 0.3) is 0 Å². The lowest BCUT2D eigenvalue weighted by atomic mass is 10.1. The number of hydrogen-bond acceptors (Lipinski definition) is 2. The number of carboxylic acids is 1. The Bertz CT molecular complexity index is 604. The lowest BCUT2D eigenvalue weighted by Crippen LogP contribution is -2.02.